The van der Waals surface area contributed by atoms with Crippen molar-refractivity contribution in [1.29, 1.82) is 0 Å². The number of hydrogen-bond donors (Lipinski definition) is 1. The third kappa shape index (κ3) is 2.63. The Labute approximate surface area is 134 Å². The summed E-state index contributed by atoms with van der Waals surface area (Å²) in [5, 5.41) is 10.3. The van der Waals surface area contributed by atoms with E-state index in [1.165, 1.54) is 9.13 Å². The minimum atomic E-state index is -0.571. The standard InChI is InChI=1S/C16H24N4O3/c1-4-16(23)7-5-11(6-8-16)9-20-14(21)12-13(17-10-18(12)2)19(3)15(20)22/h10-11,23H,4-9H2,1-3H3. The average Bonchev–Trinajstić information content (AvgIpc) is 2.93. The van der Waals surface area contributed by atoms with Gasteiger partial charge in [-0.1, -0.05) is 6.92 Å². The van der Waals surface area contributed by atoms with Crippen LogP contribution in [0, 0.1) is 5.92 Å². The van der Waals surface area contributed by atoms with Crippen molar-refractivity contribution < 1.29 is 5.11 Å². The highest BCUT2D eigenvalue weighted by Crippen LogP contribution is 2.34. The highest BCUT2D eigenvalue weighted by Gasteiger charge is 2.32. The molecule has 2 heterocycles. The van der Waals surface area contributed by atoms with E-state index in [9.17, 15) is 14.7 Å². The highest BCUT2D eigenvalue weighted by atomic mass is 16.3. The molecule has 7 nitrogen and oxygen atoms in total. The Balaban J connectivity index is 1.94. The van der Waals surface area contributed by atoms with E-state index >= 15 is 0 Å². The Kier molecular flexibility index (Phi) is 3.91. The van der Waals surface area contributed by atoms with Crippen LogP contribution in [0.25, 0.3) is 11.2 Å². The molecule has 1 aliphatic carbocycles. The molecule has 2 aromatic heterocycles. The number of fused-ring (bicyclic) bond motifs is 1. The molecule has 1 saturated carbocycles. The SMILES string of the molecule is CCC1(O)CCC(Cn2c(=O)c3c(ncn3C)n(C)c2=O)CC1. The maximum absolute atomic E-state index is 12.7. The average molecular weight is 320 g/mol. The third-order valence-corrected chi connectivity index (χ3v) is 5.34. The van der Waals surface area contributed by atoms with Gasteiger partial charge in [0, 0.05) is 20.6 Å². The molecular formula is C16H24N4O3. The molecule has 0 unspecified atom stereocenters. The topological polar surface area (TPSA) is 82.1 Å². The van der Waals surface area contributed by atoms with Crippen LogP contribution >= 0.6 is 0 Å². The lowest BCUT2D eigenvalue weighted by atomic mass is 9.77. The smallest absolute Gasteiger partial charge is 0.332 e. The molecule has 0 aromatic carbocycles. The van der Waals surface area contributed by atoms with Crippen LogP contribution in [-0.2, 0) is 20.6 Å². The van der Waals surface area contributed by atoms with Crippen molar-refractivity contribution in [3.8, 4) is 0 Å². The van der Waals surface area contributed by atoms with Gasteiger partial charge in [0.1, 0.15) is 0 Å². The molecule has 7 heteroatoms. The van der Waals surface area contributed by atoms with Crippen LogP contribution in [0.15, 0.2) is 15.9 Å². The van der Waals surface area contributed by atoms with E-state index in [2.05, 4.69) is 4.98 Å². The molecule has 0 aliphatic heterocycles. The van der Waals surface area contributed by atoms with Crippen LogP contribution in [0.3, 0.4) is 0 Å². The molecule has 0 amide bonds. The number of aryl methyl sites for hydroxylation is 2. The Morgan fingerprint density at radius 2 is 1.96 bits per heavy atom. The predicted molar refractivity (Wildman–Crippen MR) is 87.4 cm³/mol. The van der Waals surface area contributed by atoms with Crippen molar-refractivity contribution in [2.24, 2.45) is 20.0 Å². The first-order valence-electron chi connectivity index (χ1n) is 8.19. The Bertz CT molecular complexity index is 837. The summed E-state index contributed by atoms with van der Waals surface area (Å²) in [7, 11) is 3.40. The first kappa shape index (κ1) is 16.0. The fourth-order valence-electron chi connectivity index (χ4n) is 3.57. The van der Waals surface area contributed by atoms with Crippen molar-refractivity contribution in [3.05, 3.63) is 27.2 Å². The largest absolute Gasteiger partial charge is 0.390 e. The summed E-state index contributed by atoms with van der Waals surface area (Å²) in [5.74, 6) is 0.248. The molecule has 0 spiro atoms. The number of hydrogen-bond acceptors (Lipinski definition) is 4. The van der Waals surface area contributed by atoms with Gasteiger partial charge in [-0.25, -0.2) is 9.78 Å². The van der Waals surface area contributed by atoms with Crippen molar-refractivity contribution in [3.63, 3.8) is 0 Å². The summed E-state index contributed by atoms with van der Waals surface area (Å²) >= 11 is 0. The van der Waals surface area contributed by atoms with Gasteiger partial charge < -0.3 is 9.67 Å². The molecular weight excluding hydrogens is 296 g/mol. The zero-order valence-corrected chi connectivity index (χ0v) is 13.9. The summed E-state index contributed by atoms with van der Waals surface area (Å²) in [6, 6.07) is 0. The van der Waals surface area contributed by atoms with E-state index in [1.807, 2.05) is 6.92 Å². The van der Waals surface area contributed by atoms with E-state index < -0.39 is 5.60 Å². The normalized spacial score (nSPS) is 25.1. The van der Waals surface area contributed by atoms with Gasteiger partial charge in [-0.05, 0) is 38.0 Å². The zero-order chi connectivity index (χ0) is 16.8. The summed E-state index contributed by atoms with van der Waals surface area (Å²) in [4.78, 5) is 29.3. The summed E-state index contributed by atoms with van der Waals surface area (Å²) < 4.78 is 4.41. The van der Waals surface area contributed by atoms with Gasteiger partial charge in [0.05, 0.1) is 11.9 Å². The zero-order valence-electron chi connectivity index (χ0n) is 13.9. The molecule has 0 atom stereocenters. The third-order valence-electron chi connectivity index (χ3n) is 5.34. The second kappa shape index (κ2) is 5.63. The van der Waals surface area contributed by atoms with Crippen LogP contribution in [0.1, 0.15) is 39.0 Å². The maximum Gasteiger partial charge on any atom is 0.332 e. The summed E-state index contributed by atoms with van der Waals surface area (Å²) in [6.07, 6.45) is 5.45. The van der Waals surface area contributed by atoms with Crippen molar-refractivity contribution in [1.82, 2.24) is 18.7 Å². The summed E-state index contributed by atoms with van der Waals surface area (Å²) in [6.45, 7) is 2.41. The lowest BCUT2D eigenvalue weighted by Crippen LogP contribution is -2.42. The summed E-state index contributed by atoms with van der Waals surface area (Å²) in [5.41, 5.74) is -0.300. The van der Waals surface area contributed by atoms with Gasteiger partial charge in [0.2, 0.25) is 0 Å². The van der Waals surface area contributed by atoms with Gasteiger partial charge in [0.25, 0.3) is 5.56 Å². The molecule has 0 radical (unpaired) electrons. The van der Waals surface area contributed by atoms with Crippen LogP contribution in [-0.4, -0.2) is 29.4 Å². The van der Waals surface area contributed by atoms with E-state index in [4.69, 9.17) is 0 Å². The first-order chi connectivity index (χ1) is 10.9. The number of aliphatic hydroxyl groups is 1. The Morgan fingerprint density at radius 1 is 1.30 bits per heavy atom. The molecule has 0 bridgehead atoms. The molecule has 23 heavy (non-hydrogen) atoms. The minimum Gasteiger partial charge on any atom is -0.390 e. The second-order valence-corrected chi connectivity index (χ2v) is 6.81. The van der Waals surface area contributed by atoms with Crippen LogP contribution in [0.2, 0.25) is 0 Å². The van der Waals surface area contributed by atoms with E-state index in [1.54, 1.807) is 25.0 Å². The van der Waals surface area contributed by atoms with Crippen LogP contribution < -0.4 is 11.2 Å². The maximum atomic E-state index is 12.7. The van der Waals surface area contributed by atoms with Crippen molar-refractivity contribution in [2.75, 3.05) is 0 Å². The van der Waals surface area contributed by atoms with Crippen molar-refractivity contribution >= 4 is 11.2 Å². The molecule has 2 aromatic rings. The number of aromatic nitrogens is 4. The molecule has 126 valence electrons. The van der Waals surface area contributed by atoms with E-state index in [0.717, 1.165) is 32.1 Å². The fourth-order valence-corrected chi connectivity index (χ4v) is 3.57. The first-order valence-corrected chi connectivity index (χ1v) is 8.19. The molecule has 3 rings (SSSR count). The lowest BCUT2D eigenvalue weighted by molar-refractivity contribution is -0.0146. The fraction of sp³-hybridized carbons (Fsp3) is 0.688. The second-order valence-electron chi connectivity index (χ2n) is 6.81. The monoisotopic (exact) mass is 320 g/mol. The number of rotatable bonds is 3. The molecule has 0 saturated heterocycles. The van der Waals surface area contributed by atoms with E-state index in [-0.39, 0.29) is 17.2 Å². The van der Waals surface area contributed by atoms with E-state index in [0.29, 0.717) is 17.7 Å². The molecule has 1 fully saturated rings. The minimum absolute atomic E-state index is 0.248. The Hall–Kier alpha value is -1.89. The van der Waals surface area contributed by atoms with Crippen molar-refractivity contribution in [2.45, 2.75) is 51.2 Å². The number of nitrogens with zero attached hydrogens (tertiary/aromatic N) is 4. The predicted octanol–water partition coefficient (Wildman–Crippen LogP) is 0.765. The van der Waals surface area contributed by atoms with Crippen LogP contribution in [0.4, 0.5) is 0 Å². The van der Waals surface area contributed by atoms with Gasteiger partial charge >= 0.3 is 5.69 Å². The number of imidazole rings is 1. The Morgan fingerprint density at radius 3 is 2.57 bits per heavy atom. The quantitative estimate of drug-likeness (QED) is 0.905. The molecule has 1 N–H and O–H groups in total. The molecule has 1 aliphatic rings. The van der Waals surface area contributed by atoms with Gasteiger partial charge in [-0.15, -0.1) is 0 Å². The van der Waals surface area contributed by atoms with Gasteiger partial charge in [-0.2, -0.15) is 0 Å². The van der Waals surface area contributed by atoms with Crippen LogP contribution in [0.5, 0.6) is 0 Å². The lowest BCUT2D eigenvalue weighted by Gasteiger charge is -2.35. The highest BCUT2D eigenvalue weighted by molar-refractivity contribution is 5.69. The van der Waals surface area contributed by atoms with Gasteiger partial charge in [0.15, 0.2) is 11.2 Å². The van der Waals surface area contributed by atoms with Gasteiger partial charge in [-0.3, -0.25) is 13.9 Å².